The van der Waals surface area contributed by atoms with Gasteiger partial charge in [-0.3, -0.25) is 9.78 Å². The summed E-state index contributed by atoms with van der Waals surface area (Å²) in [4.78, 5) is 20.2. The maximum atomic E-state index is 11.8. The number of hydrogen-bond donors (Lipinski definition) is 1. The second-order valence-electron chi connectivity index (χ2n) is 5.69. The van der Waals surface area contributed by atoms with Crippen molar-refractivity contribution in [1.82, 2.24) is 19.9 Å². The Bertz CT molecular complexity index is 569. The van der Waals surface area contributed by atoms with Crippen molar-refractivity contribution in [2.24, 2.45) is 5.41 Å². The van der Waals surface area contributed by atoms with Gasteiger partial charge >= 0.3 is 0 Å². The third kappa shape index (κ3) is 3.44. The smallest absolute Gasteiger partial charge is 0.225 e. The highest BCUT2D eigenvalue weighted by molar-refractivity contribution is 5.81. The summed E-state index contributed by atoms with van der Waals surface area (Å²) in [6, 6.07) is 3.86. The van der Waals surface area contributed by atoms with Gasteiger partial charge in [-0.25, -0.2) is 4.98 Å². The van der Waals surface area contributed by atoms with Gasteiger partial charge < -0.3 is 9.88 Å². The monoisotopic (exact) mass is 272 g/mol. The highest BCUT2D eigenvalue weighted by atomic mass is 16.2. The maximum absolute atomic E-state index is 11.8. The number of rotatable bonds is 4. The molecule has 5 nitrogen and oxygen atoms in total. The molecular weight excluding hydrogens is 252 g/mol. The zero-order valence-corrected chi connectivity index (χ0v) is 12.1. The number of nitrogens with one attached hydrogen (secondary N) is 1. The SMILES string of the molecule is CC(C)(C)C(=O)NCCn1ccnc1-c1cccnc1. The minimum absolute atomic E-state index is 0.0561. The van der Waals surface area contributed by atoms with E-state index in [2.05, 4.69) is 15.3 Å². The van der Waals surface area contributed by atoms with Crippen LogP contribution in [0.4, 0.5) is 0 Å². The molecule has 1 amide bonds. The minimum atomic E-state index is -0.360. The number of pyridine rings is 1. The molecule has 0 saturated heterocycles. The Morgan fingerprint density at radius 1 is 1.35 bits per heavy atom. The largest absolute Gasteiger partial charge is 0.354 e. The summed E-state index contributed by atoms with van der Waals surface area (Å²) in [5.41, 5.74) is 0.612. The molecule has 0 unspecified atom stereocenters. The van der Waals surface area contributed by atoms with Crippen LogP contribution in [0.1, 0.15) is 20.8 Å². The van der Waals surface area contributed by atoms with Crippen LogP contribution in [0.3, 0.4) is 0 Å². The summed E-state index contributed by atoms with van der Waals surface area (Å²) in [7, 11) is 0. The standard InChI is InChI=1S/C15H20N4O/c1-15(2,3)14(20)18-8-10-19-9-7-17-13(19)12-5-4-6-16-11-12/h4-7,9,11H,8,10H2,1-3H3,(H,18,20). The Labute approximate surface area is 119 Å². The van der Waals surface area contributed by atoms with E-state index in [9.17, 15) is 4.79 Å². The van der Waals surface area contributed by atoms with E-state index in [1.165, 1.54) is 0 Å². The van der Waals surface area contributed by atoms with Gasteiger partial charge in [0.25, 0.3) is 0 Å². The molecule has 0 saturated carbocycles. The fourth-order valence-electron chi connectivity index (χ4n) is 1.80. The van der Waals surface area contributed by atoms with Crippen LogP contribution in [0.25, 0.3) is 11.4 Å². The molecule has 0 spiro atoms. The molecule has 0 aliphatic heterocycles. The molecule has 0 aromatic carbocycles. The first-order valence-corrected chi connectivity index (χ1v) is 6.68. The molecular formula is C15H20N4O. The number of carbonyl (C=O) groups excluding carboxylic acids is 1. The molecule has 0 bridgehead atoms. The lowest BCUT2D eigenvalue weighted by atomic mass is 9.96. The lowest BCUT2D eigenvalue weighted by Gasteiger charge is -2.18. The minimum Gasteiger partial charge on any atom is -0.354 e. The fraction of sp³-hybridized carbons (Fsp3) is 0.400. The molecule has 2 rings (SSSR count). The average Bonchev–Trinajstić information content (AvgIpc) is 2.87. The normalized spacial score (nSPS) is 11.3. The topological polar surface area (TPSA) is 59.8 Å². The molecule has 106 valence electrons. The van der Waals surface area contributed by atoms with Crippen molar-refractivity contribution in [1.29, 1.82) is 0 Å². The number of amides is 1. The molecule has 0 radical (unpaired) electrons. The van der Waals surface area contributed by atoms with E-state index in [0.717, 1.165) is 11.4 Å². The highest BCUT2D eigenvalue weighted by Crippen LogP contribution is 2.15. The summed E-state index contributed by atoms with van der Waals surface area (Å²) in [6.07, 6.45) is 7.19. The zero-order chi connectivity index (χ0) is 14.6. The van der Waals surface area contributed by atoms with Crippen molar-refractivity contribution < 1.29 is 4.79 Å². The van der Waals surface area contributed by atoms with Crippen LogP contribution < -0.4 is 5.32 Å². The number of nitrogens with zero attached hydrogens (tertiary/aromatic N) is 3. The van der Waals surface area contributed by atoms with Gasteiger partial charge in [-0.05, 0) is 12.1 Å². The van der Waals surface area contributed by atoms with Crippen molar-refractivity contribution >= 4 is 5.91 Å². The predicted molar refractivity (Wildman–Crippen MR) is 77.9 cm³/mol. The lowest BCUT2D eigenvalue weighted by Crippen LogP contribution is -2.36. The van der Waals surface area contributed by atoms with Gasteiger partial charge in [0.1, 0.15) is 5.82 Å². The molecule has 0 aliphatic rings. The van der Waals surface area contributed by atoms with Crippen LogP contribution in [0.2, 0.25) is 0 Å². The van der Waals surface area contributed by atoms with Crippen LogP contribution in [-0.4, -0.2) is 27.0 Å². The fourth-order valence-corrected chi connectivity index (χ4v) is 1.80. The van der Waals surface area contributed by atoms with E-state index in [-0.39, 0.29) is 11.3 Å². The molecule has 2 heterocycles. The van der Waals surface area contributed by atoms with E-state index in [1.54, 1.807) is 18.6 Å². The third-order valence-electron chi connectivity index (χ3n) is 2.95. The van der Waals surface area contributed by atoms with Gasteiger partial charge in [0.15, 0.2) is 0 Å². The van der Waals surface area contributed by atoms with Gasteiger partial charge in [-0.2, -0.15) is 0 Å². The third-order valence-corrected chi connectivity index (χ3v) is 2.95. The first kappa shape index (κ1) is 14.2. The van der Waals surface area contributed by atoms with Gasteiger partial charge in [0, 0.05) is 48.9 Å². The first-order valence-electron chi connectivity index (χ1n) is 6.68. The Kier molecular flexibility index (Phi) is 4.17. The number of imidazole rings is 1. The van der Waals surface area contributed by atoms with Gasteiger partial charge in [-0.1, -0.05) is 20.8 Å². The molecule has 0 atom stereocenters. The van der Waals surface area contributed by atoms with Crippen LogP contribution in [0.15, 0.2) is 36.9 Å². The molecule has 0 fully saturated rings. The predicted octanol–water partition coefficient (Wildman–Crippen LogP) is 2.11. The Morgan fingerprint density at radius 3 is 2.80 bits per heavy atom. The second kappa shape index (κ2) is 5.86. The quantitative estimate of drug-likeness (QED) is 0.927. The van der Waals surface area contributed by atoms with Crippen molar-refractivity contribution in [2.45, 2.75) is 27.3 Å². The van der Waals surface area contributed by atoms with Crippen molar-refractivity contribution in [3.05, 3.63) is 36.9 Å². The molecule has 2 aromatic rings. The highest BCUT2D eigenvalue weighted by Gasteiger charge is 2.20. The summed E-state index contributed by atoms with van der Waals surface area (Å²) in [6.45, 7) is 6.98. The second-order valence-corrected chi connectivity index (χ2v) is 5.69. The molecule has 20 heavy (non-hydrogen) atoms. The van der Waals surface area contributed by atoms with Crippen molar-refractivity contribution in [2.75, 3.05) is 6.54 Å². The van der Waals surface area contributed by atoms with E-state index in [4.69, 9.17) is 0 Å². The van der Waals surface area contributed by atoms with Gasteiger partial charge in [0.05, 0.1) is 0 Å². The summed E-state index contributed by atoms with van der Waals surface area (Å²) in [5, 5.41) is 2.94. The first-order chi connectivity index (χ1) is 9.48. The summed E-state index contributed by atoms with van der Waals surface area (Å²) < 4.78 is 2.01. The number of hydrogen-bond acceptors (Lipinski definition) is 3. The van der Waals surface area contributed by atoms with E-state index >= 15 is 0 Å². The van der Waals surface area contributed by atoms with Crippen molar-refractivity contribution in [3.63, 3.8) is 0 Å². The van der Waals surface area contributed by atoms with Gasteiger partial charge in [-0.15, -0.1) is 0 Å². The molecule has 2 aromatic heterocycles. The average molecular weight is 272 g/mol. The molecule has 5 heteroatoms. The van der Waals surface area contributed by atoms with E-state index in [1.807, 2.05) is 43.7 Å². The Balaban J connectivity index is 1.99. The van der Waals surface area contributed by atoms with Crippen molar-refractivity contribution in [3.8, 4) is 11.4 Å². The molecule has 0 aliphatic carbocycles. The van der Waals surface area contributed by atoms with Crippen LogP contribution in [0, 0.1) is 5.41 Å². The van der Waals surface area contributed by atoms with E-state index in [0.29, 0.717) is 13.1 Å². The Morgan fingerprint density at radius 2 is 2.15 bits per heavy atom. The van der Waals surface area contributed by atoms with Gasteiger partial charge in [0.2, 0.25) is 5.91 Å². The summed E-state index contributed by atoms with van der Waals surface area (Å²) in [5.74, 6) is 0.920. The van der Waals surface area contributed by atoms with Crippen LogP contribution in [-0.2, 0) is 11.3 Å². The Hall–Kier alpha value is -2.17. The zero-order valence-electron chi connectivity index (χ0n) is 12.1. The maximum Gasteiger partial charge on any atom is 0.225 e. The number of carbonyl (C=O) groups is 1. The number of aromatic nitrogens is 3. The summed E-state index contributed by atoms with van der Waals surface area (Å²) >= 11 is 0. The van der Waals surface area contributed by atoms with E-state index < -0.39 is 0 Å². The van der Waals surface area contributed by atoms with Crippen LogP contribution in [0.5, 0.6) is 0 Å². The van der Waals surface area contributed by atoms with Crippen LogP contribution >= 0.6 is 0 Å². The molecule has 1 N–H and O–H groups in total. The lowest BCUT2D eigenvalue weighted by molar-refractivity contribution is -0.128.